The van der Waals surface area contributed by atoms with Crippen LogP contribution in [-0.2, 0) is 16.1 Å². The van der Waals surface area contributed by atoms with Crippen LogP contribution in [0.2, 0.25) is 0 Å². The van der Waals surface area contributed by atoms with Gasteiger partial charge in [0, 0.05) is 5.56 Å². The van der Waals surface area contributed by atoms with Gasteiger partial charge in [-0.3, -0.25) is 9.59 Å². The Morgan fingerprint density at radius 1 is 1.19 bits per heavy atom. The maximum absolute atomic E-state index is 13.5. The molecule has 0 spiro atoms. The zero-order valence-corrected chi connectivity index (χ0v) is 15.2. The standard InChI is InChI=1S/C19H17FN2O3S/c1-3-25-17(23)11-22-15-9-8-14(20)10-16(15)26-19(22)21-18(24)13-6-4-12(2)5-7-13/h4-10H,3,11H2,1-2H3. The zero-order chi connectivity index (χ0) is 18.7. The smallest absolute Gasteiger partial charge is 0.326 e. The molecule has 1 amide bonds. The molecule has 7 heteroatoms. The SMILES string of the molecule is CCOC(=O)Cn1c(=NC(=O)c2ccc(C)cc2)sc2cc(F)ccc21. The van der Waals surface area contributed by atoms with Crippen molar-refractivity contribution in [3.8, 4) is 0 Å². The van der Waals surface area contributed by atoms with Crippen LogP contribution in [0.5, 0.6) is 0 Å². The second kappa shape index (κ2) is 7.61. The summed E-state index contributed by atoms with van der Waals surface area (Å²) in [4.78, 5) is 28.9. The zero-order valence-electron chi connectivity index (χ0n) is 14.4. The number of nitrogens with zero attached hydrogens (tertiary/aromatic N) is 2. The number of carbonyl (C=O) groups is 2. The summed E-state index contributed by atoms with van der Waals surface area (Å²) in [6, 6.07) is 11.3. The van der Waals surface area contributed by atoms with E-state index >= 15 is 0 Å². The number of thiazole rings is 1. The highest BCUT2D eigenvalue weighted by Gasteiger charge is 2.13. The summed E-state index contributed by atoms with van der Waals surface area (Å²) >= 11 is 1.15. The summed E-state index contributed by atoms with van der Waals surface area (Å²) in [5.41, 5.74) is 2.11. The Labute approximate surface area is 153 Å². The molecule has 0 aliphatic rings. The molecule has 0 unspecified atom stereocenters. The van der Waals surface area contributed by atoms with Crippen LogP contribution in [0.1, 0.15) is 22.8 Å². The van der Waals surface area contributed by atoms with E-state index in [1.807, 2.05) is 19.1 Å². The summed E-state index contributed by atoms with van der Waals surface area (Å²) in [5.74, 6) is -1.26. The highest BCUT2D eigenvalue weighted by Crippen LogP contribution is 2.19. The van der Waals surface area contributed by atoms with Crippen LogP contribution >= 0.6 is 11.3 Å². The monoisotopic (exact) mass is 372 g/mol. The lowest BCUT2D eigenvalue weighted by atomic mass is 10.1. The molecular formula is C19H17FN2O3S. The first kappa shape index (κ1) is 18.0. The molecule has 0 N–H and O–H groups in total. The molecule has 26 heavy (non-hydrogen) atoms. The Morgan fingerprint density at radius 3 is 2.62 bits per heavy atom. The Balaban J connectivity index is 2.09. The lowest BCUT2D eigenvalue weighted by Crippen LogP contribution is -2.23. The molecule has 0 bridgehead atoms. The lowest BCUT2D eigenvalue weighted by Gasteiger charge is -2.05. The summed E-state index contributed by atoms with van der Waals surface area (Å²) in [6.45, 7) is 3.81. The molecule has 134 valence electrons. The molecule has 2 aromatic carbocycles. The fourth-order valence-electron chi connectivity index (χ4n) is 2.47. The van der Waals surface area contributed by atoms with Gasteiger partial charge in [0.2, 0.25) is 0 Å². The molecule has 3 aromatic rings. The molecule has 0 radical (unpaired) electrons. The van der Waals surface area contributed by atoms with Crippen molar-refractivity contribution in [2.75, 3.05) is 6.61 Å². The van der Waals surface area contributed by atoms with Gasteiger partial charge in [0.1, 0.15) is 12.4 Å². The minimum atomic E-state index is -0.444. The Bertz CT molecular complexity index is 1040. The minimum Gasteiger partial charge on any atom is -0.465 e. The molecule has 1 heterocycles. The van der Waals surface area contributed by atoms with E-state index in [9.17, 15) is 14.0 Å². The van der Waals surface area contributed by atoms with Crippen LogP contribution < -0.4 is 4.80 Å². The fourth-order valence-corrected chi connectivity index (χ4v) is 3.52. The Morgan fingerprint density at radius 2 is 1.92 bits per heavy atom. The Kier molecular flexibility index (Phi) is 5.27. The van der Waals surface area contributed by atoms with Crippen LogP contribution in [0.4, 0.5) is 4.39 Å². The topological polar surface area (TPSA) is 60.7 Å². The van der Waals surface area contributed by atoms with Crippen molar-refractivity contribution in [2.45, 2.75) is 20.4 Å². The molecule has 0 saturated heterocycles. The second-order valence-electron chi connectivity index (χ2n) is 5.67. The first-order chi connectivity index (χ1) is 12.5. The maximum Gasteiger partial charge on any atom is 0.326 e. The number of fused-ring (bicyclic) bond motifs is 1. The van der Waals surface area contributed by atoms with Crippen molar-refractivity contribution in [3.63, 3.8) is 0 Å². The second-order valence-corrected chi connectivity index (χ2v) is 6.68. The number of halogens is 1. The largest absolute Gasteiger partial charge is 0.465 e. The average Bonchev–Trinajstić information content (AvgIpc) is 2.92. The predicted octanol–water partition coefficient (Wildman–Crippen LogP) is 3.45. The minimum absolute atomic E-state index is 0.0977. The van der Waals surface area contributed by atoms with E-state index in [1.165, 1.54) is 12.1 Å². The number of aromatic nitrogens is 1. The number of amides is 1. The summed E-state index contributed by atoms with van der Waals surface area (Å²) in [6.07, 6.45) is 0. The van der Waals surface area contributed by atoms with E-state index in [1.54, 1.807) is 29.7 Å². The molecule has 1 aromatic heterocycles. The van der Waals surface area contributed by atoms with Crippen LogP contribution in [0.3, 0.4) is 0 Å². The number of rotatable bonds is 4. The number of benzene rings is 2. The van der Waals surface area contributed by atoms with Crippen molar-refractivity contribution < 1.29 is 18.7 Å². The van der Waals surface area contributed by atoms with Gasteiger partial charge in [0.25, 0.3) is 5.91 Å². The number of ether oxygens (including phenoxy) is 1. The molecule has 0 fully saturated rings. The Hall–Kier alpha value is -2.80. The third kappa shape index (κ3) is 3.88. The summed E-state index contributed by atoms with van der Waals surface area (Å²) in [7, 11) is 0. The van der Waals surface area contributed by atoms with Crippen molar-refractivity contribution in [2.24, 2.45) is 4.99 Å². The van der Waals surface area contributed by atoms with E-state index in [4.69, 9.17) is 4.74 Å². The maximum atomic E-state index is 13.5. The lowest BCUT2D eigenvalue weighted by molar-refractivity contribution is -0.143. The molecule has 0 aliphatic carbocycles. The van der Waals surface area contributed by atoms with Crippen LogP contribution in [0.25, 0.3) is 10.2 Å². The number of hydrogen-bond donors (Lipinski definition) is 0. The normalized spacial score (nSPS) is 11.7. The fraction of sp³-hybridized carbons (Fsp3) is 0.211. The van der Waals surface area contributed by atoms with E-state index in [-0.39, 0.29) is 13.2 Å². The quantitative estimate of drug-likeness (QED) is 0.659. The van der Waals surface area contributed by atoms with Gasteiger partial charge in [-0.25, -0.2) is 4.39 Å². The highest BCUT2D eigenvalue weighted by atomic mass is 32.1. The van der Waals surface area contributed by atoms with Gasteiger partial charge in [0.05, 0.1) is 16.8 Å². The number of hydrogen-bond acceptors (Lipinski definition) is 4. The third-order valence-electron chi connectivity index (χ3n) is 3.73. The number of esters is 1. The first-order valence-corrected chi connectivity index (χ1v) is 8.90. The van der Waals surface area contributed by atoms with Crippen LogP contribution in [0, 0.1) is 12.7 Å². The third-order valence-corrected chi connectivity index (χ3v) is 4.77. The van der Waals surface area contributed by atoms with Gasteiger partial charge in [-0.05, 0) is 44.2 Å². The number of aryl methyl sites for hydroxylation is 1. The van der Waals surface area contributed by atoms with E-state index < -0.39 is 17.7 Å². The van der Waals surface area contributed by atoms with Gasteiger partial charge in [-0.2, -0.15) is 4.99 Å². The van der Waals surface area contributed by atoms with Gasteiger partial charge < -0.3 is 9.30 Å². The predicted molar refractivity (Wildman–Crippen MR) is 97.5 cm³/mol. The van der Waals surface area contributed by atoms with Gasteiger partial charge in [-0.15, -0.1) is 0 Å². The number of carbonyl (C=O) groups excluding carboxylic acids is 2. The molecule has 3 rings (SSSR count). The average molecular weight is 372 g/mol. The molecule has 5 nitrogen and oxygen atoms in total. The van der Waals surface area contributed by atoms with Crippen molar-refractivity contribution in [1.82, 2.24) is 4.57 Å². The van der Waals surface area contributed by atoms with Crippen molar-refractivity contribution in [1.29, 1.82) is 0 Å². The van der Waals surface area contributed by atoms with E-state index in [2.05, 4.69) is 4.99 Å². The first-order valence-electron chi connectivity index (χ1n) is 8.08. The van der Waals surface area contributed by atoms with Crippen molar-refractivity contribution in [3.05, 3.63) is 64.2 Å². The van der Waals surface area contributed by atoms with Gasteiger partial charge in [-0.1, -0.05) is 29.0 Å². The summed E-state index contributed by atoms with van der Waals surface area (Å²) < 4.78 is 20.7. The van der Waals surface area contributed by atoms with E-state index in [0.717, 1.165) is 16.9 Å². The van der Waals surface area contributed by atoms with Gasteiger partial charge in [0.15, 0.2) is 4.80 Å². The van der Waals surface area contributed by atoms with Gasteiger partial charge >= 0.3 is 5.97 Å². The molecule has 0 atom stereocenters. The van der Waals surface area contributed by atoms with E-state index in [0.29, 0.717) is 20.6 Å². The summed E-state index contributed by atoms with van der Waals surface area (Å²) in [5, 5.41) is 0. The molecule has 0 saturated carbocycles. The van der Waals surface area contributed by atoms with Crippen LogP contribution in [-0.4, -0.2) is 23.1 Å². The van der Waals surface area contributed by atoms with Crippen molar-refractivity contribution >= 4 is 33.4 Å². The molecular weight excluding hydrogens is 355 g/mol. The molecule has 0 aliphatic heterocycles. The van der Waals surface area contributed by atoms with Crippen LogP contribution in [0.15, 0.2) is 47.5 Å². The highest BCUT2D eigenvalue weighted by molar-refractivity contribution is 7.16.